The average Bonchev–Trinajstić information content (AvgIpc) is 2.91. The number of piperazine rings is 1. The van der Waals surface area contributed by atoms with Crippen LogP contribution in [0, 0.1) is 0 Å². The van der Waals surface area contributed by atoms with Gasteiger partial charge in [0, 0.05) is 33.4 Å². The number of rotatable bonds is 10. The maximum atomic E-state index is 13.7. The third-order valence-corrected chi connectivity index (χ3v) is 6.80. The topological polar surface area (TPSA) is 85.4 Å². The Morgan fingerprint density at radius 2 is 1.68 bits per heavy atom. The van der Waals surface area contributed by atoms with Gasteiger partial charge in [0.2, 0.25) is 11.8 Å². The van der Waals surface area contributed by atoms with Crippen LogP contribution in [0.25, 0.3) is 0 Å². The maximum Gasteiger partial charge on any atom is 0.334 e. The van der Waals surface area contributed by atoms with Crippen LogP contribution in [-0.4, -0.2) is 83.7 Å². The number of hydrogen-bond donors (Lipinski definition) is 1. The molecule has 0 aromatic heterocycles. The number of likely N-dealkylation sites (N-methyl/N-ethyl adjacent to an activating group) is 1. The van der Waals surface area contributed by atoms with E-state index in [-0.39, 0.29) is 30.9 Å². The first-order valence-corrected chi connectivity index (χ1v) is 13.1. The summed E-state index contributed by atoms with van der Waals surface area (Å²) in [5.74, 6) is -0.303. The van der Waals surface area contributed by atoms with E-state index in [0.717, 1.165) is 24.0 Å². The molecule has 37 heavy (non-hydrogen) atoms. The Labute approximate surface area is 218 Å². The summed E-state index contributed by atoms with van der Waals surface area (Å²) in [6.07, 6.45) is 2.15. The van der Waals surface area contributed by atoms with E-state index in [1.165, 1.54) is 0 Å². The Morgan fingerprint density at radius 3 is 2.38 bits per heavy atom. The smallest absolute Gasteiger partial charge is 0.334 e. The molecule has 4 rings (SSSR count). The van der Waals surface area contributed by atoms with Gasteiger partial charge < -0.3 is 19.9 Å². The number of carbonyl (C=O) groups is 3. The van der Waals surface area contributed by atoms with Crippen molar-refractivity contribution in [2.45, 2.75) is 44.9 Å². The van der Waals surface area contributed by atoms with Crippen molar-refractivity contribution in [3.8, 4) is 0 Å². The number of unbranched alkanes of at least 4 members (excludes halogenated alkanes) is 1. The molecular weight excluding hydrogens is 470 g/mol. The lowest BCUT2D eigenvalue weighted by atomic mass is 9.98. The Bertz CT molecular complexity index is 1050. The second-order valence-corrected chi connectivity index (χ2v) is 9.50. The van der Waals surface area contributed by atoms with E-state index in [0.29, 0.717) is 32.7 Å². The lowest BCUT2D eigenvalue weighted by Gasteiger charge is -2.54. The van der Waals surface area contributed by atoms with Crippen molar-refractivity contribution < 1.29 is 19.1 Å². The van der Waals surface area contributed by atoms with Crippen molar-refractivity contribution in [3.63, 3.8) is 0 Å². The Kier molecular flexibility index (Phi) is 9.14. The van der Waals surface area contributed by atoms with Gasteiger partial charge in [0.15, 0.2) is 0 Å². The summed E-state index contributed by atoms with van der Waals surface area (Å²) in [6.45, 7) is 4.51. The molecule has 9 heteroatoms. The highest BCUT2D eigenvalue weighted by Crippen LogP contribution is 2.34. The maximum absolute atomic E-state index is 13.7. The first kappa shape index (κ1) is 26.6. The van der Waals surface area contributed by atoms with E-state index < -0.39 is 12.2 Å². The van der Waals surface area contributed by atoms with Crippen LogP contribution >= 0.6 is 0 Å². The van der Waals surface area contributed by atoms with E-state index >= 15 is 0 Å². The Hall–Kier alpha value is -3.43. The number of amides is 4. The van der Waals surface area contributed by atoms with Crippen LogP contribution in [0.1, 0.15) is 43.4 Å². The van der Waals surface area contributed by atoms with Crippen molar-refractivity contribution in [2.24, 2.45) is 0 Å². The summed E-state index contributed by atoms with van der Waals surface area (Å²) in [6, 6.07) is 17.9. The van der Waals surface area contributed by atoms with Gasteiger partial charge in [-0.3, -0.25) is 9.59 Å². The summed E-state index contributed by atoms with van der Waals surface area (Å²) in [5, 5.41) is 6.21. The third kappa shape index (κ3) is 6.29. The molecule has 2 atom stereocenters. The van der Waals surface area contributed by atoms with Gasteiger partial charge in [-0.05, 0) is 24.0 Å². The van der Waals surface area contributed by atoms with Crippen LogP contribution in [0.2, 0.25) is 0 Å². The summed E-state index contributed by atoms with van der Waals surface area (Å²) in [5.41, 5.74) is 1.72. The van der Waals surface area contributed by atoms with E-state index in [4.69, 9.17) is 4.74 Å². The number of urea groups is 1. The van der Waals surface area contributed by atoms with Gasteiger partial charge in [0.1, 0.15) is 12.2 Å². The first-order valence-electron chi connectivity index (χ1n) is 13.1. The highest BCUT2D eigenvalue weighted by molar-refractivity contribution is 5.92. The molecule has 1 N–H and O–H groups in total. The van der Waals surface area contributed by atoms with E-state index in [2.05, 4.69) is 12.2 Å². The fourth-order valence-corrected chi connectivity index (χ4v) is 4.92. The molecule has 2 aromatic carbocycles. The molecule has 2 fully saturated rings. The fraction of sp³-hybridized carbons (Fsp3) is 0.464. The molecule has 1 unspecified atom stereocenters. The number of nitrogens with zero attached hydrogens (tertiary/aromatic N) is 4. The predicted molar refractivity (Wildman–Crippen MR) is 140 cm³/mol. The van der Waals surface area contributed by atoms with Crippen molar-refractivity contribution in [1.82, 2.24) is 25.1 Å². The van der Waals surface area contributed by atoms with E-state index in [9.17, 15) is 14.4 Å². The SMILES string of the molecule is CCCCOCCCN1CC2N(C(=O)CN(C)N2C(=O)NCc2ccccc2)[C@@H](c2ccccc2)C1=O. The largest absolute Gasteiger partial charge is 0.381 e. The second kappa shape index (κ2) is 12.7. The van der Waals surface area contributed by atoms with Crippen LogP contribution in [0.4, 0.5) is 4.79 Å². The summed E-state index contributed by atoms with van der Waals surface area (Å²) < 4.78 is 5.70. The number of benzene rings is 2. The van der Waals surface area contributed by atoms with Crippen molar-refractivity contribution in [2.75, 3.05) is 39.9 Å². The fourth-order valence-electron chi connectivity index (χ4n) is 4.92. The zero-order valence-corrected chi connectivity index (χ0v) is 21.7. The second-order valence-electron chi connectivity index (χ2n) is 9.50. The number of ether oxygens (including phenoxy) is 1. The highest BCUT2D eigenvalue weighted by Gasteiger charge is 2.51. The van der Waals surface area contributed by atoms with Gasteiger partial charge >= 0.3 is 6.03 Å². The minimum absolute atomic E-state index is 0.0111. The molecular formula is C28H37N5O4. The van der Waals surface area contributed by atoms with Crippen LogP contribution in [0.15, 0.2) is 60.7 Å². The van der Waals surface area contributed by atoms with Gasteiger partial charge in [0.05, 0.1) is 13.1 Å². The number of fused-ring (bicyclic) bond motifs is 1. The molecule has 2 aromatic rings. The van der Waals surface area contributed by atoms with E-state index in [1.54, 1.807) is 26.9 Å². The zero-order chi connectivity index (χ0) is 26.2. The number of nitrogens with one attached hydrogen (secondary N) is 1. The molecule has 198 valence electrons. The predicted octanol–water partition coefficient (Wildman–Crippen LogP) is 3.00. The molecule has 2 aliphatic rings. The molecule has 9 nitrogen and oxygen atoms in total. The Balaban J connectivity index is 1.56. The van der Waals surface area contributed by atoms with E-state index in [1.807, 2.05) is 60.7 Å². The summed E-state index contributed by atoms with van der Waals surface area (Å²) >= 11 is 0. The van der Waals surface area contributed by atoms with Crippen LogP contribution in [0.3, 0.4) is 0 Å². The molecule has 0 bridgehead atoms. The normalized spacial score (nSPS) is 20.2. The molecule has 2 saturated heterocycles. The van der Waals surface area contributed by atoms with Crippen molar-refractivity contribution in [1.29, 1.82) is 0 Å². The van der Waals surface area contributed by atoms with Crippen LogP contribution in [-0.2, 0) is 20.9 Å². The average molecular weight is 508 g/mol. The zero-order valence-electron chi connectivity index (χ0n) is 21.7. The van der Waals surface area contributed by atoms with Gasteiger partial charge in [-0.25, -0.2) is 14.8 Å². The molecule has 2 heterocycles. The Morgan fingerprint density at radius 1 is 1.00 bits per heavy atom. The molecule has 4 amide bonds. The summed E-state index contributed by atoms with van der Waals surface area (Å²) in [4.78, 5) is 43.8. The molecule has 0 spiro atoms. The van der Waals surface area contributed by atoms with Gasteiger partial charge in [-0.1, -0.05) is 74.0 Å². The monoisotopic (exact) mass is 507 g/mol. The van der Waals surface area contributed by atoms with Crippen molar-refractivity contribution >= 4 is 17.8 Å². The van der Waals surface area contributed by atoms with Gasteiger partial charge in [-0.15, -0.1) is 0 Å². The minimum atomic E-state index is -0.786. The highest BCUT2D eigenvalue weighted by atomic mass is 16.5. The lowest BCUT2D eigenvalue weighted by Crippen LogP contribution is -2.73. The standard InChI is InChI=1S/C28H37N5O4/c1-3-4-17-37-18-11-16-31-20-24-32(26(27(31)35)23-14-9-6-10-15-23)25(34)21-30(2)33(24)28(36)29-19-22-12-7-5-8-13-22/h5-10,12-15,24,26H,3-4,11,16-21H2,1-2H3,(H,29,36)/t24?,26-/m0/s1. The number of hydrazine groups is 1. The van der Waals surface area contributed by atoms with Crippen LogP contribution in [0.5, 0.6) is 0 Å². The minimum Gasteiger partial charge on any atom is -0.381 e. The van der Waals surface area contributed by atoms with Crippen LogP contribution < -0.4 is 5.32 Å². The number of carbonyl (C=O) groups excluding carboxylic acids is 3. The first-order chi connectivity index (χ1) is 18.0. The van der Waals surface area contributed by atoms with Crippen molar-refractivity contribution in [3.05, 3.63) is 71.8 Å². The lowest BCUT2D eigenvalue weighted by molar-refractivity contribution is -0.187. The molecule has 0 aliphatic carbocycles. The van der Waals surface area contributed by atoms with Gasteiger partial charge in [-0.2, -0.15) is 0 Å². The number of hydrogen-bond acceptors (Lipinski definition) is 5. The summed E-state index contributed by atoms with van der Waals surface area (Å²) in [7, 11) is 1.73. The molecule has 0 radical (unpaired) electrons. The van der Waals surface area contributed by atoms with Gasteiger partial charge in [0.25, 0.3) is 0 Å². The third-order valence-electron chi connectivity index (χ3n) is 6.80. The molecule has 2 aliphatic heterocycles. The molecule has 0 saturated carbocycles. The quantitative estimate of drug-likeness (QED) is 0.500.